The fraction of sp³-hybridized carbons (Fsp3) is 0.455. The number of nitrogens with zero attached hydrogens (tertiary/aromatic N) is 2. The van der Waals surface area contributed by atoms with Crippen LogP contribution in [-0.4, -0.2) is 27.8 Å². The van der Waals surface area contributed by atoms with Crippen LogP contribution in [0.1, 0.15) is 23.3 Å². The molecular weight excluding hydrogens is 250 g/mol. The molecule has 19 heavy (non-hydrogen) atoms. The molecule has 0 radical (unpaired) electrons. The Hall–Kier alpha value is -2.38. The van der Waals surface area contributed by atoms with Crippen molar-refractivity contribution in [3.8, 4) is 0 Å². The highest BCUT2D eigenvalue weighted by Gasteiger charge is 2.26. The van der Waals surface area contributed by atoms with Crippen LogP contribution in [0.15, 0.2) is 12.3 Å². The van der Waals surface area contributed by atoms with Gasteiger partial charge in [0, 0.05) is 12.6 Å². The molecule has 2 rings (SSSR count). The molecule has 4 N–H and O–H groups in total. The summed E-state index contributed by atoms with van der Waals surface area (Å²) in [7, 11) is 0. The average molecular weight is 265 g/mol. The molecule has 1 fully saturated rings. The Morgan fingerprint density at radius 3 is 2.84 bits per heavy atom. The summed E-state index contributed by atoms with van der Waals surface area (Å²) in [6, 6.07) is 1.25. The number of carbonyl (C=O) groups excluding carboxylic acids is 1. The molecule has 0 bridgehead atoms. The summed E-state index contributed by atoms with van der Waals surface area (Å²) in [4.78, 5) is 22.1. The number of nitrogens with one attached hydrogen (secondary N) is 2. The average Bonchev–Trinajstić information content (AvgIpc) is 3.03. The smallest absolute Gasteiger partial charge is 0.287 e. The first kappa shape index (κ1) is 13.1. The number of hydrogen-bond acceptors (Lipinski definition) is 4. The van der Waals surface area contributed by atoms with E-state index in [1.807, 2.05) is 0 Å². The molecule has 1 aromatic heterocycles. The van der Waals surface area contributed by atoms with Gasteiger partial charge < -0.3 is 15.6 Å². The molecule has 8 nitrogen and oxygen atoms in total. The third-order valence-corrected chi connectivity index (χ3v) is 2.92. The summed E-state index contributed by atoms with van der Waals surface area (Å²) in [5.74, 6) is -0.126. The largest absolute Gasteiger partial charge is 0.386 e. The van der Waals surface area contributed by atoms with Gasteiger partial charge in [0.25, 0.3) is 11.6 Å². The fourth-order valence-electron chi connectivity index (χ4n) is 1.78. The van der Waals surface area contributed by atoms with Gasteiger partial charge in [-0.05, 0) is 18.8 Å². The van der Waals surface area contributed by atoms with Crippen LogP contribution >= 0.6 is 0 Å². The van der Waals surface area contributed by atoms with Crippen LogP contribution < -0.4 is 11.1 Å². The number of nitrogens with two attached hydrogens (primary N) is 1. The first-order chi connectivity index (χ1) is 8.97. The van der Waals surface area contributed by atoms with Crippen LogP contribution in [0.5, 0.6) is 0 Å². The lowest BCUT2D eigenvalue weighted by molar-refractivity contribution is -0.384. The molecule has 0 aliphatic heterocycles. The lowest BCUT2D eigenvalue weighted by Gasteiger charge is -2.07. The van der Waals surface area contributed by atoms with Gasteiger partial charge in [0.2, 0.25) is 0 Å². The van der Waals surface area contributed by atoms with Crippen LogP contribution in [0.3, 0.4) is 0 Å². The zero-order chi connectivity index (χ0) is 14.0. The number of carbonyl (C=O) groups is 1. The molecular formula is C11H15N5O3. The van der Waals surface area contributed by atoms with Crippen LogP contribution in [-0.2, 0) is 6.54 Å². The monoisotopic (exact) mass is 265 g/mol. The maximum Gasteiger partial charge on any atom is 0.287 e. The maximum absolute atomic E-state index is 11.9. The van der Waals surface area contributed by atoms with Crippen molar-refractivity contribution >= 4 is 17.4 Å². The zero-order valence-corrected chi connectivity index (χ0v) is 10.3. The predicted octanol–water partition coefficient (Wildman–Crippen LogP) is 0.472. The molecule has 1 saturated carbocycles. The van der Waals surface area contributed by atoms with E-state index in [2.05, 4.69) is 5.32 Å². The summed E-state index contributed by atoms with van der Waals surface area (Å²) in [6.07, 6.45) is 3.54. The number of amides is 1. The van der Waals surface area contributed by atoms with E-state index in [0.29, 0.717) is 12.5 Å². The van der Waals surface area contributed by atoms with E-state index >= 15 is 0 Å². The second kappa shape index (κ2) is 5.09. The molecule has 1 aliphatic rings. The van der Waals surface area contributed by atoms with Gasteiger partial charge in [-0.1, -0.05) is 0 Å². The molecule has 8 heteroatoms. The van der Waals surface area contributed by atoms with Gasteiger partial charge in [-0.2, -0.15) is 0 Å². The normalized spacial score (nSPS) is 14.1. The van der Waals surface area contributed by atoms with E-state index in [1.165, 1.54) is 12.3 Å². The van der Waals surface area contributed by atoms with Crippen LogP contribution in [0.25, 0.3) is 0 Å². The van der Waals surface area contributed by atoms with Gasteiger partial charge in [0.15, 0.2) is 0 Å². The Morgan fingerprint density at radius 1 is 1.63 bits per heavy atom. The molecule has 102 valence electrons. The van der Waals surface area contributed by atoms with Crippen molar-refractivity contribution in [2.75, 3.05) is 6.54 Å². The molecule has 1 aliphatic carbocycles. The first-order valence-electron chi connectivity index (χ1n) is 5.93. The van der Waals surface area contributed by atoms with Crippen LogP contribution in [0.2, 0.25) is 0 Å². The van der Waals surface area contributed by atoms with Crippen molar-refractivity contribution in [3.05, 3.63) is 28.1 Å². The standard InChI is InChI=1S/C11H15N5O3/c12-10(13)4-14-11(17)9-3-8(16(18)19)6-15(9)5-7-1-2-7/h3,6-7H,1-2,4-5H2,(H3,12,13)(H,14,17). The number of rotatable bonds is 6. The second-order valence-corrected chi connectivity index (χ2v) is 4.64. The van der Waals surface area contributed by atoms with Gasteiger partial charge in [-0.3, -0.25) is 20.3 Å². The Balaban J connectivity index is 2.17. The summed E-state index contributed by atoms with van der Waals surface area (Å²) in [5, 5.41) is 20.3. The summed E-state index contributed by atoms with van der Waals surface area (Å²) < 4.78 is 1.60. The minimum atomic E-state index is -0.523. The molecule has 0 aromatic carbocycles. The van der Waals surface area contributed by atoms with Crippen molar-refractivity contribution in [1.29, 1.82) is 5.41 Å². The highest BCUT2D eigenvalue weighted by molar-refractivity contribution is 5.96. The van der Waals surface area contributed by atoms with Crippen molar-refractivity contribution in [1.82, 2.24) is 9.88 Å². The number of amidine groups is 1. The molecule has 0 unspecified atom stereocenters. The number of aromatic nitrogens is 1. The SMILES string of the molecule is N=C(N)CNC(=O)c1cc([N+](=O)[O-])cn1CC1CC1. The summed E-state index contributed by atoms with van der Waals surface area (Å²) >= 11 is 0. The van der Waals surface area contributed by atoms with E-state index in [0.717, 1.165) is 12.8 Å². The Kier molecular flexibility index (Phi) is 3.50. The van der Waals surface area contributed by atoms with Crippen molar-refractivity contribution in [3.63, 3.8) is 0 Å². The van der Waals surface area contributed by atoms with Gasteiger partial charge in [-0.25, -0.2) is 0 Å². The molecule has 0 saturated heterocycles. The molecule has 1 heterocycles. The van der Waals surface area contributed by atoms with E-state index in [1.54, 1.807) is 4.57 Å². The van der Waals surface area contributed by atoms with E-state index < -0.39 is 10.8 Å². The van der Waals surface area contributed by atoms with Crippen LogP contribution in [0, 0.1) is 21.4 Å². The first-order valence-corrected chi connectivity index (χ1v) is 5.93. The molecule has 0 spiro atoms. The van der Waals surface area contributed by atoms with Crippen molar-refractivity contribution in [2.24, 2.45) is 11.7 Å². The Labute approximate surface area is 109 Å². The summed E-state index contributed by atoms with van der Waals surface area (Å²) in [5.41, 5.74) is 5.29. The lowest BCUT2D eigenvalue weighted by Crippen LogP contribution is -2.34. The molecule has 0 atom stereocenters. The minimum Gasteiger partial charge on any atom is -0.386 e. The third-order valence-electron chi connectivity index (χ3n) is 2.92. The van der Waals surface area contributed by atoms with E-state index in [9.17, 15) is 14.9 Å². The highest BCUT2D eigenvalue weighted by atomic mass is 16.6. The van der Waals surface area contributed by atoms with Gasteiger partial charge in [0.05, 0.1) is 17.7 Å². The fourth-order valence-corrected chi connectivity index (χ4v) is 1.78. The van der Waals surface area contributed by atoms with E-state index in [4.69, 9.17) is 11.1 Å². The maximum atomic E-state index is 11.9. The highest BCUT2D eigenvalue weighted by Crippen LogP contribution is 2.32. The molecule has 1 amide bonds. The third kappa shape index (κ3) is 3.30. The minimum absolute atomic E-state index is 0.0682. The van der Waals surface area contributed by atoms with E-state index in [-0.39, 0.29) is 23.8 Å². The lowest BCUT2D eigenvalue weighted by atomic mass is 10.3. The number of nitro groups is 1. The second-order valence-electron chi connectivity index (χ2n) is 4.64. The van der Waals surface area contributed by atoms with Crippen molar-refractivity contribution < 1.29 is 9.72 Å². The van der Waals surface area contributed by atoms with Gasteiger partial charge in [-0.15, -0.1) is 0 Å². The topological polar surface area (TPSA) is 127 Å². The Morgan fingerprint density at radius 2 is 2.32 bits per heavy atom. The predicted molar refractivity (Wildman–Crippen MR) is 68.1 cm³/mol. The Bertz CT molecular complexity index is 532. The quantitative estimate of drug-likeness (QED) is 0.299. The van der Waals surface area contributed by atoms with Crippen molar-refractivity contribution in [2.45, 2.75) is 19.4 Å². The summed E-state index contributed by atoms with van der Waals surface area (Å²) in [6.45, 7) is 0.540. The molecule has 1 aromatic rings. The van der Waals surface area contributed by atoms with Gasteiger partial charge >= 0.3 is 0 Å². The zero-order valence-electron chi connectivity index (χ0n) is 10.3. The van der Waals surface area contributed by atoms with Gasteiger partial charge in [0.1, 0.15) is 11.5 Å². The van der Waals surface area contributed by atoms with Crippen LogP contribution in [0.4, 0.5) is 5.69 Å². The number of hydrogen-bond donors (Lipinski definition) is 3.